The molecule has 3 saturated carbocycles. The molecule has 1 aliphatic heterocycles. The van der Waals surface area contributed by atoms with Crippen LogP contribution in [0, 0.1) is 28.6 Å². The van der Waals surface area contributed by atoms with Gasteiger partial charge in [0.05, 0.1) is 0 Å². The molecule has 3 nitrogen and oxygen atoms in total. The molecule has 0 radical (unpaired) electrons. The summed E-state index contributed by atoms with van der Waals surface area (Å²) < 4.78 is 0. The molecule has 2 N–H and O–H groups in total. The second kappa shape index (κ2) is 6.57. The van der Waals surface area contributed by atoms with Crippen LogP contribution in [-0.2, 0) is 10.2 Å². The van der Waals surface area contributed by atoms with Crippen LogP contribution in [0.5, 0.6) is 0 Å². The molecule has 6 atom stereocenters. The molecule has 1 aromatic carbocycles. The number of rotatable bonds is 2. The first-order valence-corrected chi connectivity index (χ1v) is 11.8. The second-order valence-corrected chi connectivity index (χ2v) is 11.9. The summed E-state index contributed by atoms with van der Waals surface area (Å²) in [5, 5.41) is 0. The fourth-order valence-electron chi connectivity index (χ4n) is 8.06. The van der Waals surface area contributed by atoms with Gasteiger partial charge in [-0.2, -0.15) is 0 Å². The Balaban J connectivity index is 1.40. The van der Waals surface area contributed by atoms with Crippen LogP contribution in [0.3, 0.4) is 0 Å². The highest BCUT2D eigenvalue weighted by Crippen LogP contribution is 2.66. The number of likely N-dealkylation sites (tertiary alicyclic amines) is 1. The average molecular weight is 395 g/mol. The van der Waals surface area contributed by atoms with Crippen molar-refractivity contribution in [2.75, 3.05) is 13.1 Å². The minimum Gasteiger partial charge on any atom is -0.342 e. The van der Waals surface area contributed by atoms with Gasteiger partial charge in [0.15, 0.2) is 0 Å². The Labute approximate surface area is 176 Å². The van der Waals surface area contributed by atoms with Gasteiger partial charge in [-0.1, -0.05) is 51.1 Å². The van der Waals surface area contributed by atoms with E-state index >= 15 is 0 Å². The Morgan fingerprint density at radius 3 is 2.59 bits per heavy atom. The number of fused-ring (bicyclic) bond motifs is 2. The van der Waals surface area contributed by atoms with Crippen molar-refractivity contribution in [3.8, 4) is 0 Å². The molecule has 1 amide bonds. The topological polar surface area (TPSA) is 46.3 Å². The predicted molar refractivity (Wildman–Crippen MR) is 117 cm³/mol. The minimum absolute atomic E-state index is 0.0252. The molecule has 3 unspecified atom stereocenters. The van der Waals surface area contributed by atoms with Gasteiger partial charge in [-0.3, -0.25) is 4.79 Å². The van der Waals surface area contributed by atoms with Crippen LogP contribution < -0.4 is 5.73 Å². The maximum absolute atomic E-state index is 13.7. The number of piperidine rings is 1. The normalized spacial score (nSPS) is 43.2. The quantitative estimate of drug-likeness (QED) is 0.787. The van der Waals surface area contributed by atoms with Gasteiger partial charge in [0.1, 0.15) is 0 Å². The molecule has 3 heteroatoms. The first-order chi connectivity index (χ1) is 13.7. The summed E-state index contributed by atoms with van der Waals surface area (Å²) in [5.74, 6) is 1.93. The SMILES string of the molecule is CC1(C)CN(C(=O)C2CC3C[C@]4(c5ccccc5)CCC2[C@](C)(C3)C4)CC[C@@H]1N. The summed E-state index contributed by atoms with van der Waals surface area (Å²) >= 11 is 0. The Morgan fingerprint density at radius 2 is 1.86 bits per heavy atom. The van der Waals surface area contributed by atoms with Crippen LogP contribution in [-0.4, -0.2) is 29.9 Å². The number of carbonyl (C=O) groups excluding carboxylic acids is 1. The fourth-order valence-corrected chi connectivity index (χ4v) is 8.06. The smallest absolute Gasteiger partial charge is 0.226 e. The highest BCUT2D eigenvalue weighted by Gasteiger charge is 2.60. The van der Waals surface area contributed by atoms with Gasteiger partial charge in [0, 0.05) is 25.0 Å². The zero-order valence-corrected chi connectivity index (χ0v) is 18.5. The van der Waals surface area contributed by atoms with E-state index in [4.69, 9.17) is 5.73 Å². The molecule has 0 spiro atoms. The lowest BCUT2D eigenvalue weighted by Gasteiger charge is -2.63. The van der Waals surface area contributed by atoms with Crippen molar-refractivity contribution >= 4 is 5.91 Å². The molecule has 5 rings (SSSR count). The van der Waals surface area contributed by atoms with E-state index in [9.17, 15) is 4.79 Å². The Bertz CT molecular complexity index is 789. The van der Waals surface area contributed by atoms with Crippen LogP contribution >= 0.6 is 0 Å². The van der Waals surface area contributed by atoms with Gasteiger partial charge in [-0.15, -0.1) is 0 Å². The third-order valence-corrected chi connectivity index (χ3v) is 9.41. The van der Waals surface area contributed by atoms with Crippen LogP contribution in [0.15, 0.2) is 30.3 Å². The maximum atomic E-state index is 13.7. The Hall–Kier alpha value is -1.35. The number of amides is 1. The third-order valence-electron chi connectivity index (χ3n) is 9.41. The zero-order valence-electron chi connectivity index (χ0n) is 18.5. The number of hydrogen-bond donors (Lipinski definition) is 1. The van der Waals surface area contributed by atoms with Crippen molar-refractivity contribution in [3.63, 3.8) is 0 Å². The summed E-state index contributed by atoms with van der Waals surface area (Å²) in [6.45, 7) is 8.63. The highest BCUT2D eigenvalue weighted by molar-refractivity contribution is 5.80. The molecule has 4 fully saturated rings. The Morgan fingerprint density at radius 1 is 1.10 bits per heavy atom. The lowest BCUT2D eigenvalue weighted by molar-refractivity contribution is -0.156. The molecule has 1 heterocycles. The molecular weight excluding hydrogens is 356 g/mol. The molecule has 0 aromatic heterocycles. The van der Waals surface area contributed by atoms with Gasteiger partial charge in [0.2, 0.25) is 5.91 Å². The predicted octanol–water partition coefficient (Wildman–Crippen LogP) is 4.75. The standard InChI is InChI=1S/C26H38N2O/c1-24(2)17-28(12-10-22(24)27)23(29)20-13-18-14-25(3)16-26(15-18,11-9-21(20)25)19-7-5-4-6-8-19/h4-8,18,20-22H,9-17,27H2,1-3H3/t18?,20?,21?,22-,25+,26+/m0/s1. The number of benzene rings is 1. The fraction of sp³-hybridized carbons (Fsp3) is 0.731. The molecule has 3 aliphatic carbocycles. The number of hydrogen-bond acceptors (Lipinski definition) is 2. The lowest BCUT2D eigenvalue weighted by atomic mass is 9.42. The van der Waals surface area contributed by atoms with E-state index in [1.807, 2.05) is 0 Å². The molecule has 4 aliphatic rings. The van der Waals surface area contributed by atoms with E-state index in [1.54, 1.807) is 5.56 Å². The van der Waals surface area contributed by atoms with Crippen molar-refractivity contribution < 1.29 is 4.79 Å². The van der Waals surface area contributed by atoms with Crippen molar-refractivity contribution in [2.45, 2.75) is 77.2 Å². The molecule has 3 bridgehead atoms. The van der Waals surface area contributed by atoms with E-state index < -0.39 is 0 Å². The molecule has 29 heavy (non-hydrogen) atoms. The first kappa shape index (κ1) is 19.6. The molecule has 1 aromatic rings. The zero-order chi connectivity index (χ0) is 20.4. The van der Waals surface area contributed by atoms with Crippen LogP contribution in [0.25, 0.3) is 0 Å². The average Bonchev–Trinajstić information content (AvgIpc) is 2.67. The highest BCUT2D eigenvalue weighted by atomic mass is 16.2. The van der Waals surface area contributed by atoms with Gasteiger partial charge in [-0.25, -0.2) is 0 Å². The summed E-state index contributed by atoms with van der Waals surface area (Å²) in [6.07, 6.45) is 8.39. The maximum Gasteiger partial charge on any atom is 0.226 e. The molecular formula is C26H38N2O. The van der Waals surface area contributed by atoms with Crippen LogP contribution in [0.2, 0.25) is 0 Å². The van der Waals surface area contributed by atoms with Gasteiger partial charge >= 0.3 is 0 Å². The van der Waals surface area contributed by atoms with Gasteiger partial charge in [0.25, 0.3) is 0 Å². The van der Waals surface area contributed by atoms with Crippen molar-refractivity contribution in [1.29, 1.82) is 0 Å². The summed E-state index contributed by atoms with van der Waals surface area (Å²) in [7, 11) is 0. The van der Waals surface area contributed by atoms with E-state index in [1.165, 1.54) is 32.1 Å². The largest absolute Gasteiger partial charge is 0.342 e. The van der Waals surface area contributed by atoms with Gasteiger partial charge in [-0.05, 0) is 78.6 Å². The summed E-state index contributed by atoms with van der Waals surface area (Å²) in [5.41, 5.74) is 8.58. The summed E-state index contributed by atoms with van der Waals surface area (Å²) in [4.78, 5) is 15.9. The minimum atomic E-state index is 0.0252. The van der Waals surface area contributed by atoms with E-state index in [0.717, 1.165) is 25.9 Å². The molecule has 158 valence electrons. The number of nitrogens with two attached hydrogens (primary N) is 1. The van der Waals surface area contributed by atoms with Crippen LogP contribution in [0.4, 0.5) is 0 Å². The Kier molecular flexibility index (Phi) is 4.44. The van der Waals surface area contributed by atoms with Crippen molar-refractivity contribution in [3.05, 3.63) is 35.9 Å². The van der Waals surface area contributed by atoms with Gasteiger partial charge < -0.3 is 10.6 Å². The van der Waals surface area contributed by atoms with Crippen LogP contribution in [0.1, 0.15) is 71.3 Å². The number of carbonyl (C=O) groups is 1. The molecule has 1 saturated heterocycles. The number of nitrogens with zero attached hydrogens (tertiary/aromatic N) is 1. The van der Waals surface area contributed by atoms with E-state index in [2.05, 4.69) is 56.0 Å². The van der Waals surface area contributed by atoms with Crippen molar-refractivity contribution in [1.82, 2.24) is 4.90 Å². The lowest BCUT2D eigenvalue weighted by Crippen LogP contribution is -2.60. The van der Waals surface area contributed by atoms with Crippen molar-refractivity contribution in [2.24, 2.45) is 34.3 Å². The summed E-state index contributed by atoms with van der Waals surface area (Å²) in [6, 6.07) is 11.5. The monoisotopic (exact) mass is 394 g/mol. The van der Waals surface area contributed by atoms with E-state index in [0.29, 0.717) is 28.6 Å². The second-order valence-electron chi connectivity index (χ2n) is 11.9. The first-order valence-electron chi connectivity index (χ1n) is 11.8. The third kappa shape index (κ3) is 3.07. The van der Waals surface area contributed by atoms with E-state index in [-0.39, 0.29) is 17.4 Å².